The predicted octanol–water partition coefficient (Wildman–Crippen LogP) is 3.33. The molecule has 1 N–H and O–H groups in total. The highest BCUT2D eigenvalue weighted by Crippen LogP contribution is 2.23. The lowest BCUT2D eigenvalue weighted by Crippen LogP contribution is -2.41. The highest BCUT2D eigenvalue weighted by atomic mass is 16.3. The van der Waals surface area contributed by atoms with E-state index in [1.807, 2.05) is 20.8 Å². The molecule has 4 nitrogen and oxygen atoms in total. The Labute approximate surface area is 116 Å². The van der Waals surface area contributed by atoms with Crippen molar-refractivity contribution in [1.29, 1.82) is 0 Å². The second-order valence-electron chi connectivity index (χ2n) is 5.83. The van der Waals surface area contributed by atoms with Crippen LogP contribution in [0.25, 0.3) is 0 Å². The van der Waals surface area contributed by atoms with E-state index in [1.165, 1.54) is 0 Å². The van der Waals surface area contributed by atoms with Crippen molar-refractivity contribution in [2.45, 2.75) is 65.8 Å². The number of rotatable bonds is 8. The zero-order valence-corrected chi connectivity index (χ0v) is 12.5. The van der Waals surface area contributed by atoms with Gasteiger partial charge in [-0.2, -0.15) is 0 Å². The first-order chi connectivity index (χ1) is 8.95. The third-order valence-electron chi connectivity index (χ3n) is 3.42. The zero-order chi connectivity index (χ0) is 14.3. The van der Waals surface area contributed by atoms with Gasteiger partial charge in [0.2, 0.25) is 5.91 Å². The second kappa shape index (κ2) is 7.31. The number of nitrogens with one attached hydrogen (secondary N) is 1. The van der Waals surface area contributed by atoms with E-state index in [1.54, 1.807) is 12.5 Å². The summed E-state index contributed by atoms with van der Waals surface area (Å²) >= 11 is 0. The van der Waals surface area contributed by atoms with E-state index in [0.29, 0.717) is 0 Å². The largest absolute Gasteiger partial charge is 0.449 e. The Bertz CT molecular complexity index is 372. The predicted molar refractivity (Wildman–Crippen MR) is 75.7 cm³/mol. The second-order valence-corrected chi connectivity index (χ2v) is 5.83. The van der Waals surface area contributed by atoms with Gasteiger partial charge < -0.3 is 9.73 Å². The Kier molecular flexibility index (Phi) is 6.06. The van der Waals surface area contributed by atoms with E-state index in [4.69, 9.17) is 4.42 Å². The fraction of sp³-hybridized carbons (Fsp3) is 0.733. The topological polar surface area (TPSA) is 55.1 Å². The number of unbranched alkanes of at least 4 members (excludes halogenated alkanes) is 1. The van der Waals surface area contributed by atoms with Gasteiger partial charge in [-0.1, -0.05) is 33.6 Å². The Morgan fingerprint density at radius 1 is 1.53 bits per heavy atom. The standard InChI is InChI=1S/C15H26N2O2/c1-5-6-9-15(3,4)14(18)17-12(2)7-8-13-16-10-11-19-13/h10-12H,5-9H2,1-4H3,(H,17,18). The minimum Gasteiger partial charge on any atom is -0.449 e. The number of nitrogens with zero attached hydrogens (tertiary/aromatic N) is 1. The molecule has 0 bridgehead atoms. The van der Waals surface area contributed by atoms with Crippen molar-refractivity contribution >= 4 is 5.91 Å². The zero-order valence-electron chi connectivity index (χ0n) is 12.5. The molecule has 1 heterocycles. The van der Waals surface area contributed by atoms with Crippen LogP contribution in [0.1, 0.15) is 59.3 Å². The van der Waals surface area contributed by atoms with Crippen molar-refractivity contribution in [1.82, 2.24) is 10.3 Å². The van der Waals surface area contributed by atoms with E-state index in [0.717, 1.165) is 38.0 Å². The Morgan fingerprint density at radius 3 is 2.84 bits per heavy atom. The Balaban J connectivity index is 2.34. The number of amides is 1. The first-order valence-corrected chi connectivity index (χ1v) is 7.15. The maximum Gasteiger partial charge on any atom is 0.225 e. The SMILES string of the molecule is CCCCC(C)(C)C(=O)NC(C)CCc1ncco1. The van der Waals surface area contributed by atoms with Crippen molar-refractivity contribution in [3.8, 4) is 0 Å². The van der Waals surface area contributed by atoms with Crippen molar-refractivity contribution < 1.29 is 9.21 Å². The van der Waals surface area contributed by atoms with Crippen molar-refractivity contribution in [2.24, 2.45) is 5.41 Å². The summed E-state index contributed by atoms with van der Waals surface area (Å²) in [6, 6.07) is 0.139. The molecule has 0 aromatic carbocycles. The minimum atomic E-state index is -0.285. The van der Waals surface area contributed by atoms with Gasteiger partial charge in [-0.05, 0) is 19.8 Å². The molecule has 19 heavy (non-hydrogen) atoms. The number of hydrogen-bond donors (Lipinski definition) is 1. The van der Waals surface area contributed by atoms with E-state index >= 15 is 0 Å². The fourth-order valence-corrected chi connectivity index (χ4v) is 1.94. The van der Waals surface area contributed by atoms with Gasteiger partial charge in [0, 0.05) is 17.9 Å². The summed E-state index contributed by atoms with van der Waals surface area (Å²) in [6.07, 6.45) is 7.96. The molecular weight excluding hydrogens is 240 g/mol. The number of carbonyl (C=O) groups excluding carboxylic acids is 1. The van der Waals surface area contributed by atoms with Crippen LogP contribution in [0.3, 0.4) is 0 Å². The molecule has 0 fully saturated rings. The molecule has 0 spiro atoms. The minimum absolute atomic E-state index is 0.139. The summed E-state index contributed by atoms with van der Waals surface area (Å²) in [6.45, 7) is 8.20. The lowest BCUT2D eigenvalue weighted by molar-refractivity contribution is -0.130. The molecule has 4 heteroatoms. The summed E-state index contributed by atoms with van der Waals surface area (Å²) in [5.74, 6) is 0.868. The normalized spacial score (nSPS) is 13.3. The first-order valence-electron chi connectivity index (χ1n) is 7.15. The Morgan fingerprint density at radius 2 is 2.26 bits per heavy atom. The van der Waals surface area contributed by atoms with E-state index in [2.05, 4.69) is 17.2 Å². The molecule has 1 amide bonds. The summed E-state index contributed by atoms with van der Waals surface area (Å²) < 4.78 is 5.19. The molecule has 1 atom stereocenters. The van der Waals surface area contributed by atoms with E-state index < -0.39 is 0 Å². The van der Waals surface area contributed by atoms with Crippen LogP contribution in [0.5, 0.6) is 0 Å². The van der Waals surface area contributed by atoms with Gasteiger partial charge in [0.15, 0.2) is 5.89 Å². The van der Waals surface area contributed by atoms with Crippen molar-refractivity contribution in [3.63, 3.8) is 0 Å². The Hall–Kier alpha value is -1.32. The summed E-state index contributed by atoms with van der Waals surface area (Å²) in [5, 5.41) is 3.08. The molecule has 0 saturated carbocycles. The highest BCUT2D eigenvalue weighted by molar-refractivity contribution is 5.81. The van der Waals surface area contributed by atoms with E-state index in [-0.39, 0.29) is 17.4 Å². The van der Waals surface area contributed by atoms with Crippen LogP contribution in [0, 0.1) is 5.41 Å². The van der Waals surface area contributed by atoms with Crippen LogP contribution in [0.2, 0.25) is 0 Å². The molecule has 1 aromatic rings. The quantitative estimate of drug-likeness (QED) is 0.785. The van der Waals surface area contributed by atoms with Crippen LogP contribution in [0.4, 0.5) is 0 Å². The van der Waals surface area contributed by atoms with Crippen LogP contribution < -0.4 is 5.32 Å². The lowest BCUT2D eigenvalue weighted by atomic mass is 9.86. The van der Waals surface area contributed by atoms with Crippen molar-refractivity contribution in [3.05, 3.63) is 18.4 Å². The fourth-order valence-electron chi connectivity index (χ4n) is 1.94. The van der Waals surface area contributed by atoms with Gasteiger partial charge in [0.05, 0.1) is 6.20 Å². The number of hydrogen-bond acceptors (Lipinski definition) is 3. The lowest BCUT2D eigenvalue weighted by Gasteiger charge is -2.25. The third-order valence-corrected chi connectivity index (χ3v) is 3.42. The van der Waals surface area contributed by atoms with Gasteiger partial charge in [0.25, 0.3) is 0 Å². The first kappa shape index (κ1) is 15.7. The molecular formula is C15H26N2O2. The molecule has 0 radical (unpaired) electrons. The number of aromatic nitrogens is 1. The summed E-state index contributed by atoms with van der Waals surface area (Å²) in [5.41, 5.74) is -0.285. The third kappa shape index (κ3) is 5.45. The maximum atomic E-state index is 12.2. The van der Waals surface area contributed by atoms with Crippen LogP contribution in [-0.2, 0) is 11.2 Å². The van der Waals surface area contributed by atoms with E-state index in [9.17, 15) is 4.79 Å². The smallest absolute Gasteiger partial charge is 0.225 e. The molecule has 108 valence electrons. The average Bonchev–Trinajstić information content (AvgIpc) is 2.87. The molecule has 0 saturated heterocycles. The molecule has 0 aliphatic rings. The number of aryl methyl sites for hydroxylation is 1. The molecule has 1 aromatic heterocycles. The maximum absolute atomic E-state index is 12.2. The summed E-state index contributed by atoms with van der Waals surface area (Å²) in [4.78, 5) is 16.3. The highest BCUT2D eigenvalue weighted by Gasteiger charge is 2.27. The summed E-state index contributed by atoms with van der Waals surface area (Å²) in [7, 11) is 0. The number of carbonyl (C=O) groups is 1. The average molecular weight is 266 g/mol. The van der Waals surface area contributed by atoms with Gasteiger partial charge in [0.1, 0.15) is 6.26 Å². The van der Waals surface area contributed by atoms with Crippen LogP contribution in [-0.4, -0.2) is 16.9 Å². The van der Waals surface area contributed by atoms with Gasteiger partial charge >= 0.3 is 0 Å². The van der Waals surface area contributed by atoms with Crippen LogP contribution in [0.15, 0.2) is 16.9 Å². The van der Waals surface area contributed by atoms with Crippen molar-refractivity contribution in [2.75, 3.05) is 0 Å². The molecule has 1 unspecified atom stereocenters. The van der Waals surface area contributed by atoms with Gasteiger partial charge in [-0.25, -0.2) is 4.98 Å². The molecule has 0 aliphatic heterocycles. The monoisotopic (exact) mass is 266 g/mol. The van der Waals surface area contributed by atoms with Gasteiger partial charge in [-0.3, -0.25) is 4.79 Å². The van der Waals surface area contributed by atoms with Crippen LogP contribution >= 0.6 is 0 Å². The van der Waals surface area contributed by atoms with Gasteiger partial charge in [-0.15, -0.1) is 0 Å². The number of oxazole rings is 1. The molecule has 1 rings (SSSR count). The molecule has 0 aliphatic carbocycles.